The lowest BCUT2D eigenvalue weighted by Gasteiger charge is -2.60. The Morgan fingerprint density at radius 3 is 2.08 bits per heavy atom. The minimum atomic E-state index is -4.58. The number of hydrogen-bond donors (Lipinski definition) is 0. The van der Waals surface area contributed by atoms with E-state index >= 15 is 0 Å². The molecule has 3 fully saturated rings. The van der Waals surface area contributed by atoms with Gasteiger partial charge in [0.2, 0.25) is 0 Å². The number of halogens is 3. The molecule has 0 radical (unpaired) electrons. The molecule has 0 spiro atoms. The van der Waals surface area contributed by atoms with Gasteiger partial charge in [0.1, 0.15) is 11.7 Å². The van der Waals surface area contributed by atoms with Crippen molar-refractivity contribution in [3.63, 3.8) is 0 Å². The molecule has 4 aliphatic rings. The van der Waals surface area contributed by atoms with E-state index in [1.807, 2.05) is 20.8 Å². The summed E-state index contributed by atoms with van der Waals surface area (Å²) in [6, 6.07) is 4.81. The van der Waals surface area contributed by atoms with Gasteiger partial charge in [-0.15, -0.1) is 0 Å². The van der Waals surface area contributed by atoms with Crippen LogP contribution >= 0.6 is 0 Å². The second kappa shape index (κ2) is 15.5. The zero-order valence-corrected chi connectivity index (χ0v) is 34.0. The normalized spacial score (nSPS) is 32.8. The van der Waals surface area contributed by atoms with Gasteiger partial charge in [-0.05, 0) is 135 Å². The predicted molar refractivity (Wildman–Crippen MR) is 195 cm³/mol. The number of fused-ring (bicyclic) bond motifs is 5. The van der Waals surface area contributed by atoms with Crippen molar-refractivity contribution in [2.75, 3.05) is 6.61 Å². The highest BCUT2D eigenvalue weighted by molar-refractivity contribution is 6.74. The summed E-state index contributed by atoms with van der Waals surface area (Å²) < 4.78 is 63.0. The van der Waals surface area contributed by atoms with E-state index in [0.717, 1.165) is 49.7 Å². The number of rotatable bonds is 16. The van der Waals surface area contributed by atoms with Crippen LogP contribution in [0.1, 0.15) is 133 Å². The van der Waals surface area contributed by atoms with Crippen LogP contribution in [0.4, 0.5) is 13.2 Å². The average Bonchev–Trinajstić information content (AvgIpc) is 3.43. The van der Waals surface area contributed by atoms with Gasteiger partial charge in [0, 0.05) is 6.42 Å². The molecule has 0 aromatic carbocycles. The Hall–Kier alpha value is -0.646. The van der Waals surface area contributed by atoms with Gasteiger partial charge >= 0.3 is 12.1 Å². The van der Waals surface area contributed by atoms with Gasteiger partial charge in [-0.1, -0.05) is 74.3 Å². The third-order valence-electron chi connectivity index (χ3n) is 15.1. The van der Waals surface area contributed by atoms with Crippen LogP contribution in [-0.4, -0.2) is 47.1 Å². The summed E-state index contributed by atoms with van der Waals surface area (Å²) in [7, 11) is -4.59. The molecule has 4 nitrogen and oxygen atoms in total. The molecular weight excluding hydrogens is 646 g/mol. The van der Waals surface area contributed by atoms with Crippen LogP contribution in [-0.2, 0) is 18.4 Å². The Balaban J connectivity index is 1.56. The molecule has 48 heavy (non-hydrogen) atoms. The Bertz CT molecular complexity index is 1100. The summed E-state index contributed by atoms with van der Waals surface area (Å²) in [5.41, 5.74) is -0.849. The summed E-state index contributed by atoms with van der Waals surface area (Å²) in [6.07, 6.45) is 7.83. The molecule has 3 unspecified atom stereocenters. The van der Waals surface area contributed by atoms with Crippen LogP contribution < -0.4 is 0 Å². The quantitative estimate of drug-likeness (QED) is 0.0907. The topological polar surface area (TPSA) is 44.8 Å². The highest BCUT2D eigenvalue weighted by Crippen LogP contribution is 2.66. The van der Waals surface area contributed by atoms with Gasteiger partial charge in [0.05, 0.1) is 6.61 Å². The van der Waals surface area contributed by atoms with E-state index in [9.17, 15) is 18.0 Å². The third kappa shape index (κ3) is 7.60. The summed E-state index contributed by atoms with van der Waals surface area (Å²) in [4.78, 5) is 13.7. The molecule has 0 bridgehead atoms. The van der Waals surface area contributed by atoms with E-state index in [2.05, 4.69) is 40.7 Å². The summed E-state index contributed by atoms with van der Waals surface area (Å²) in [6.45, 7) is 18.8. The molecule has 0 saturated heterocycles. The van der Waals surface area contributed by atoms with Gasteiger partial charge in [0.25, 0.3) is 0 Å². The second-order valence-corrected chi connectivity index (χ2v) is 26.3. The maximum atomic E-state index is 14.6. The van der Waals surface area contributed by atoms with E-state index < -0.39 is 46.9 Å². The molecule has 0 heterocycles. The largest absolute Gasteiger partial charge is 0.455 e. The van der Waals surface area contributed by atoms with Crippen molar-refractivity contribution in [1.82, 2.24) is 0 Å². The lowest BCUT2D eigenvalue weighted by Crippen LogP contribution is -2.54. The first kappa shape index (κ1) is 40.1. The Morgan fingerprint density at radius 2 is 1.50 bits per heavy atom. The summed E-state index contributed by atoms with van der Waals surface area (Å²) >= 11 is 0. The number of alkyl halides is 3. The maximum Gasteiger partial charge on any atom is 0.416 e. The first-order valence-corrected chi connectivity index (χ1v) is 24.9. The first-order valence-electron chi connectivity index (χ1n) is 19.9. The van der Waals surface area contributed by atoms with Gasteiger partial charge < -0.3 is 13.6 Å². The van der Waals surface area contributed by atoms with Crippen molar-refractivity contribution < 1.29 is 31.6 Å². The second-order valence-electron chi connectivity index (χ2n) is 16.9. The minimum absolute atomic E-state index is 0.0830. The summed E-state index contributed by atoms with van der Waals surface area (Å²) in [5, 5.41) is 0. The van der Waals surface area contributed by atoms with Gasteiger partial charge in [-0.2, -0.15) is 13.2 Å². The van der Waals surface area contributed by atoms with Crippen LogP contribution in [0.5, 0.6) is 0 Å². The third-order valence-corrected chi connectivity index (χ3v) is 24.5. The van der Waals surface area contributed by atoms with Crippen LogP contribution in [0.2, 0.25) is 36.3 Å². The zero-order valence-electron chi connectivity index (χ0n) is 32.0. The highest BCUT2D eigenvalue weighted by Gasteiger charge is 2.59. The van der Waals surface area contributed by atoms with Gasteiger partial charge in [-0.25, -0.2) is 0 Å². The Labute approximate surface area is 293 Å². The Morgan fingerprint density at radius 1 is 0.875 bits per heavy atom. The van der Waals surface area contributed by atoms with E-state index in [-0.39, 0.29) is 11.8 Å². The fourth-order valence-corrected chi connectivity index (χ4v) is 16.9. The monoisotopic (exact) mass is 714 g/mol. The standard InChI is InChI=1S/C39H69F3O4Si2/c1-10-47(11-2,12-3)44-28-34(45-35(43)24-27-38(9,39(40,41)42)46-48(13-4,14-5)15-6)33-22-21-31-30-20-19-29-18-16-17-25-36(29,7)32(30)23-26-37(31,33)8/h22,29-32,34H,10-21,23-28H2,1-9H3/t29?,30-,31-,32-,34?,36-,37-,38?/m0/s1. The average molecular weight is 715 g/mol. The molecule has 278 valence electrons. The van der Waals surface area contributed by atoms with Crippen molar-refractivity contribution >= 4 is 22.6 Å². The molecule has 0 amide bonds. The van der Waals surface area contributed by atoms with Crippen molar-refractivity contribution in [2.24, 2.45) is 34.5 Å². The Kier molecular flexibility index (Phi) is 13.0. The summed E-state index contributed by atoms with van der Waals surface area (Å²) in [5.74, 6) is 2.23. The number of carbonyl (C=O) groups is 1. The van der Waals surface area contributed by atoms with E-state index in [1.165, 1.54) is 50.5 Å². The molecule has 4 rings (SSSR count). The molecule has 9 heteroatoms. The molecule has 0 aromatic rings. The van der Waals surface area contributed by atoms with Gasteiger partial charge in [0.15, 0.2) is 16.6 Å². The number of carbonyl (C=O) groups excluding carboxylic acids is 1. The number of esters is 1. The molecule has 0 aromatic heterocycles. The molecular formula is C39H69F3O4Si2. The fourth-order valence-electron chi connectivity index (χ4n) is 11.1. The van der Waals surface area contributed by atoms with Crippen molar-refractivity contribution in [1.29, 1.82) is 0 Å². The molecule has 3 saturated carbocycles. The zero-order chi connectivity index (χ0) is 35.6. The van der Waals surface area contributed by atoms with E-state index in [4.69, 9.17) is 13.6 Å². The number of allylic oxidation sites excluding steroid dienone is 1. The maximum absolute atomic E-state index is 14.6. The SMILES string of the molecule is CC[Si](CC)(CC)OCC(OC(=O)CCC(C)(O[Si](CC)(CC)CC)C(F)(F)F)C1=CC[C@H]2[C@@H]3CCC4CCCC[C@]4(C)[C@H]3CC[C@]12C. The number of ether oxygens (including phenoxy) is 1. The molecule has 0 N–H and O–H groups in total. The van der Waals surface area contributed by atoms with Crippen molar-refractivity contribution in [2.45, 2.75) is 187 Å². The molecule has 8 atom stereocenters. The van der Waals surface area contributed by atoms with Crippen LogP contribution in [0.25, 0.3) is 0 Å². The van der Waals surface area contributed by atoms with Crippen LogP contribution in [0.3, 0.4) is 0 Å². The number of hydrogen-bond acceptors (Lipinski definition) is 4. The lowest BCUT2D eigenvalue weighted by atomic mass is 9.45. The van der Waals surface area contributed by atoms with Crippen LogP contribution in [0, 0.1) is 34.5 Å². The van der Waals surface area contributed by atoms with Crippen LogP contribution in [0.15, 0.2) is 11.6 Å². The lowest BCUT2D eigenvalue weighted by molar-refractivity contribution is -0.248. The van der Waals surface area contributed by atoms with Gasteiger partial charge in [-0.3, -0.25) is 4.79 Å². The van der Waals surface area contributed by atoms with E-state index in [1.54, 1.807) is 0 Å². The van der Waals surface area contributed by atoms with E-state index in [0.29, 0.717) is 42.0 Å². The minimum Gasteiger partial charge on any atom is -0.455 e. The fraction of sp³-hybridized carbons (Fsp3) is 0.923. The predicted octanol–water partition coefficient (Wildman–Crippen LogP) is 12.0. The molecule has 0 aliphatic heterocycles. The highest BCUT2D eigenvalue weighted by atomic mass is 28.4. The molecule has 4 aliphatic carbocycles. The first-order chi connectivity index (χ1) is 22.5. The van der Waals surface area contributed by atoms with Crippen molar-refractivity contribution in [3.05, 3.63) is 11.6 Å². The van der Waals surface area contributed by atoms with Crippen molar-refractivity contribution in [3.8, 4) is 0 Å². The smallest absolute Gasteiger partial charge is 0.416 e.